The zero-order valence-electron chi connectivity index (χ0n) is 7.92. The van der Waals surface area contributed by atoms with Gasteiger partial charge in [0.2, 0.25) is 0 Å². The molecule has 13 heavy (non-hydrogen) atoms. The van der Waals surface area contributed by atoms with Crippen LogP contribution in [0.2, 0.25) is 0 Å². The Hall–Kier alpha value is -1.03. The van der Waals surface area contributed by atoms with Crippen molar-refractivity contribution in [3.05, 3.63) is 11.8 Å². The summed E-state index contributed by atoms with van der Waals surface area (Å²) in [5.74, 6) is -0.833. The van der Waals surface area contributed by atoms with E-state index >= 15 is 0 Å². The highest BCUT2D eigenvalue weighted by Gasteiger charge is 2.17. The average molecular weight is 184 g/mol. The van der Waals surface area contributed by atoms with Gasteiger partial charge < -0.3 is 10.1 Å². The summed E-state index contributed by atoms with van der Waals surface area (Å²) >= 11 is 0. The molecule has 0 unspecified atom stereocenters. The molecule has 1 saturated heterocycles. The third kappa shape index (κ3) is 3.46. The van der Waals surface area contributed by atoms with Gasteiger partial charge in [0.05, 0.1) is 0 Å². The number of nitrogens with zero attached hydrogens (tertiary/aromatic N) is 1. The SMILES string of the molecule is C1=C2CCCN2NCC1.CC(=O)O. The second-order valence-electron chi connectivity index (χ2n) is 3.17. The first kappa shape index (κ1) is 10.1. The van der Waals surface area contributed by atoms with E-state index in [1.807, 2.05) is 0 Å². The molecule has 0 radical (unpaired) electrons. The van der Waals surface area contributed by atoms with Crippen molar-refractivity contribution in [3.8, 4) is 0 Å². The lowest BCUT2D eigenvalue weighted by Crippen LogP contribution is -2.37. The van der Waals surface area contributed by atoms with Crippen LogP contribution in [0.3, 0.4) is 0 Å². The maximum atomic E-state index is 9.00. The van der Waals surface area contributed by atoms with Crippen molar-refractivity contribution < 1.29 is 9.90 Å². The van der Waals surface area contributed by atoms with Crippen LogP contribution in [-0.4, -0.2) is 29.2 Å². The van der Waals surface area contributed by atoms with Gasteiger partial charge in [-0.05, 0) is 19.3 Å². The molecule has 0 saturated carbocycles. The molecule has 2 N–H and O–H groups in total. The molecule has 0 aromatic carbocycles. The van der Waals surface area contributed by atoms with E-state index in [0.717, 1.165) is 13.5 Å². The van der Waals surface area contributed by atoms with Gasteiger partial charge in [-0.15, -0.1) is 0 Å². The molecular formula is C9H16N2O2. The minimum atomic E-state index is -0.833. The molecule has 0 spiro atoms. The number of carboxylic acids is 1. The third-order valence-corrected chi connectivity index (χ3v) is 1.99. The topological polar surface area (TPSA) is 52.6 Å². The Bertz CT molecular complexity index is 210. The quantitative estimate of drug-likeness (QED) is 0.589. The first-order valence-corrected chi connectivity index (χ1v) is 4.60. The summed E-state index contributed by atoms with van der Waals surface area (Å²) < 4.78 is 0. The Morgan fingerprint density at radius 1 is 1.69 bits per heavy atom. The highest BCUT2D eigenvalue weighted by molar-refractivity contribution is 5.62. The van der Waals surface area contributed by atoms with Gasteiger partial charge in [0, 0.05) is 25.7 Å². The molecule has 4 heteroatoms. The lowest BCUT2D eigenvalue weighted by molar-refractivity contribution is -0.134. The third-order valence-electron chi connectivity index (χ3n) is 1.99. The molecule has 2 aliphatic heterocycles. The second kappa shape index (κ2) is 4.87. The molecule has 0 aromatic heterocycles. The Morgan fingerprint density at radius 3 is 3.00 bits per heavy atom. The van der Waals surface area contributed by atoms with Crippen LogP contribution in [0, 0.1) is 0 Å². The molecule has 0 atom stereocenters. The molecule has 0 aromatic rings. The number of hydrazine groups is 1. The van der Waals surface area contributed by atoms with Crippen molar-refractivity contribution in [2.45, 2.75) is 26.2 Å². The molecule has 0 amide bonds. The van der Waals surface area contributed by atoms with E-state index < -0.39 is 5.97 Å². The number of rotatable bonds is 0. The van der Waals surface area contributed by atoms with E-state index in [-0.39, 0.29) is 0 Å². The lowest BCUT2D eigenvalue weighted by Gasteiger charge is -2.24. The molecule has 1 fully saturated rings. The minimum Gasteiger partial charge on any atom is -0.481 e. The van der Waals surface area contributed by atoms with Gasteiger partial charge in [0.25, 0.3) is 5.97 Å². The fourth-order valence-electron chi connectivity index (χ4n) is 1.53. The molecule has 4 nitrogen and oxygen atoms in total. The summed E-state index contributed by atoms with van der Waals surface area (Å²) in [6.45, 7) is 3.43. The summed E-state index contributed by atoms with van der Waals surface area (Å²) in [5.41, 5.74) is 4.86. The van der Waals surface area contributed by atoms with Crippen molar-refractivity contribution in [1.82, 2.24) is 10.4 Å². The van der Waals surface area contributed by atoms with Crippen LogP contribution >= 0.6 is 0 Å². The van der Waals surface area contributed by atoms with Crippen molar-refractivity contribution in [2.75, 3.05) is 13.1 Å². The Labute approximate surface area is 78.2 Å². The first-order valence-electron chi connectivity index (χ1n) is 4.60. The van der Waals surface area contributed by atoms with Crippen molar-refractivity contribution in [3.63, 3.8) is 0 Å². The second-order valence-corrected chi connectivity index (χ2v) is 3.17. The minimum absolute atomic E-state index is 0.833. The normalized spacial score (nSPS) is 19.8. The van der Waals surface area contributed by atoms with Crippen molar-refractivity contribution >= 4 is 5.97 Å². The van der Waals surface area contributed by atoms with Gasteiger partial charge in [-0.3, -0.25) is 4.79 Å². The number of allylic oxidation sites excluding steroid dienone is 1. The Morgan fingerprint density at radius 2 is 2.38 bits per heavy atom. The zero-order chi connectivity index (χ0) is 9.68. The van der Waals surface area contributed by atoms with Crippen LogP contribution in [0.15, 0.2) is 11.8 Å². The van der Waals surface area contributed by atoms with E-state index in [0.29, 0.717) is 0 Å². The van der Waals surface area contributed by atoms with Gasteiger partial charge in [0.1, 0.15) is 0 Å². The van der Waals surface area contributed by atoms with Gasteiger partial charge in [0.15, 0.2) is 0 Å². The van der Waals surface area contributed by atoms with Gasteiger partial charge in [-0.25, -0.2) is 5.43 Å². The van der Waals surface area contributed by atoms with E-state index in [1.54, 1.807) is 0 Å². The molecular weight excluding hydrogens is 168 g/mol. The monoisotopic (exact) mass is 184 g/mol. The molecule has 2 rings (SSSR count). The van der Waals surface area contributed by atoms with E-state index in [2.05, 4.69) is 16.5 Å². The number of aliphatic carboxylic acids is 1. The number of nitrogens with one attached hydrogen (secondary N) is 1. The highest BCUT2D eigenvalue weighted by atomic mass is 16.4. The average Bonchev–Trinajstić information content (AvgIpc) is 2.49. The summed E-state index contributed by atoms with van der Waals surface area (Å²) in [6.07, 6.45) is 6.18. The smallest absolute Gasteiger partial charge is 0.300 e. The van der Waals surface area contributed by atoms with Crippen LogP contribution in [0.1, 0.15) is 26.2 Å². The standard InChI is InChI=1S/C7H12N2.C2H4O2/c1-3-7-4-2-6-9(7)8-5-1;1-2(3)4/h3,8H,1-2,4-6H2;1H3,(H,3,4). The van der Waals surface area contributed by atoms with E-state index in [9.17, 15) is 0 Å². The number of fused-ring (bicyclic) bond motifs is 1. The molecule has 0 bridgehead atoms. The molecule has 0 aliphatic carbocycles. The van der Waals surface area contributed by atoms with E-state index in [1.165, 1.54) is 31.5 Å². The van der Waals surface area contributed by atoms with Crippen LogP contribution in [0.5, 0.6) is 0 Å². The molecule has 2 aliphatic rings. The number of carbonyl (C=O) groups is 1. The number of hydrogen-bond acceptors (Lipinski definition) is 3. The molecule has 74 valence electrons. The maximum Gasteiger partial charge on any atom is 0.300 e. The van der Waals surface area contributed by atoms with Gasteiger partial charge >= 0.3 is 0 Å². The number of carboxylic acid groups (broad SMARTS) is 1. The van der Waals surface area contributed by atoms with Crippen LogP contribution in [0.4, 0.5) is 0 Å². The van der Waals surface area contributed by atoms with Gasteiger partial charge in [-0.1, -0.05) is 6.08 Å². The summed E-state index contributed by atoms with van der Waals surface area (Å²) in [6, 6.07) is 0. The van der Waals surface area contributed by atoms with Crippen LogP contribution < -0.4 is 5.43 Å². The van der Waals surface area contributed by atoms with E-state index in [4.69, 9.17) is 9.90 Å². The van der Waals surface area contributed by atoms with Crippen molar-refractivity contribution in [1.29, 1.82) is 0 Å². The fourth-order valence-corrected chi connectivity index (χ4v) is 1.53. The number of hydrogen-bond donors (Lipinski definition) is 2. The van der Waals surface area contributed by atoms with Crippen LogP contribution in [-0.2, 0) is 4.79 Å². The fraction of sp³-hybridized carbons (Fsp3) is 0.667. The summed E-state index contributed by atoms with van der Waals surface area (Å²) in [7, 11) is 0. The molecule has 2 heterocycles. The van der Waals surface area contributed by atoms with Crippen molar-refractivity contribution in [2.24, 2.45) is 0 Å². The zero-order valence-corrected chi connectivity index (χ0v) is 7.92. The lowest BCUT2D eigenvalue weighted by atomic mass is 10.2. The van der Waals surface area contributed by atoms with Crippen LogP contribution in [0.25, 0.3) is 0 Å². The largest absolute Gasteiger partial charge is 0.481 e. The summed E-state index contributed by atoms with van der Waals surface area (Å²) in [5, 5.41) is 9.70. The summed E-state index contributed by atoms with van der Waals surface area (Å²) in [4.78, 5) is 9.00. The first-order chi connectivity index (χ1) is 6.20. The predicted molar refractivity (Wildman–Crippen MR) is 50.0 cm³/mol. The predicted octanol–water partition coefficient (Wildman–Crippen LogP) is 0.965. The highest BCUT2D eigenvalue weighted by Crippen LogP contribution is 2.20. The Balaban J connectivity index is 0.000000184. The Kier molecular flexibility index (Phi) is 3.76. The maximum absolute atomic E-state index is 9.00. The van der Waals surface area contributed by atoms with Gasteiger partial charge in [-0.2, -0.15) is 0 Å².